The SMILES string of the molecule is COCCNC(=O)C(c1ccco1)N(C(=O)C(=O)NC1CCCC1)c1ccc(F)cc1. The molecule has 31 heavy (non-hydrogen) atoms. The molecule has 1 aromatic heterocycles. The van der Waals surface area contributed by atoms with Crippen LogP contribution in [0.15, 0.2) is 47.1 Å². The second-order valence-electron chi connectivity index (χ2n) is 7.31. The number of anilines is 1. The number of nitrogens with zero attached hydrogens (tertiary/aromatic N) is 1. The quantitative estimate of drug-likeness (QED) is 0.494. The summed E-state index contributed by atoms with van der Waals surface area (Å²) < 4.78 is 23.9. The zero-order valence-corrected chi connectivity index (χ0v) is 17.3. The number of methoxy groups -OCH3 is 1. The Balaban J connectivity index is 1.94. The molecule has 0 radical (unpaired) electrons. The maximum atomic E-state index is 13.5. The second-order valence-corrected chi connectivity index (χ2v) is 7.31. The van der Waals surface area contributed by atoms with Crippen LogP contribution in [0.25, 0.3) is 0 Å². The summed E-state index contributed by atoms with van der Waals surface area (Å²) in [6.45, 7) is 0.468. The van der Waals surface area contributed by atoms with Gasteiger partial charge in [0.05, 0.1) is 12.9 Å². The van der Waals surface area contributed by atoms with Gasteiger partial charge in [-0.05, 0) is 49.2 Å². The Bertz CT molecular complexity index is 879. The maximum absolute atomic E-state index is 13.5. The predicted molar refractivity (Wildman–Crippen MR) is 111 cm³/mol. The van der Waals surface area contributed by atoms with Gasteiger partial charge in [-0.25, -0.2) is 4.39 Å². The van der Waals surface area contributed by atoms with E-state index in [0.717, 1.165) is 42.7 Å². The van der Waals surface area contributed by atoms with Crippen molar-refractivity contribution in [1.29, 1.82) is 0 Å². The number of hydrogen-bond donors (Lipinski definition) is 2. The van der Waals surface area contributed by atoms with Gasteiger partial charge in [-0.2, -0.15) is 0 Å². The average Bonchev–Trinajstić information content (AvgIpc) is 3.47. The fourth-order valence-corrected chi connectivity index (χ4v) is 3.61. The van der Waals surface area contributed by atoms with Crippen molar-refractivity contribution in [2.24, 2.45) is 0 Å². The van der Waals surface area contributed by atoms with Crippen molar-refractivity contribution >= 4 is 23.4 Å². The van der Waals surface area contributed by atoms with Crippen LogP contribution in [-0.2, 0) is 19.1 Å². The van der Waals surface area contributed by atoms with Gasteiger partial charge in [-0.3, -0.25) is 19.3 Å². The molecule has 3 amide bonds. The zero-order chi connectivity index (χ0) is 22.2. The number of carbonyl (C=O) groups is 3. The topological polar surface area (TPSA) is 101 Å². The van der Waals surface area contributed by atoms with Crippen LogP contribution < -0.4 is 15.5 Å². The van der Waals surface area contributed by atoms with E-state index in [0.29, 0.717) is 0 Å². The summed E-state index contributed by atoms with van der Waals surface area (Å²) >= 11 is 0. The zero-order valence-electron chi connectivity index (χ0n) is 17.3. The highest BCUT2D eigenvalue weighted by Gasteiger charge is 2.38. The lowest BCUT2D eigenvalue weighted by molar-refractivity contribution is -0.139. The highest BCUT2D eigenvalue weighted by molar-refractivity contribution is 6.41. The minimum Gasteiger partial charge on any atom is -0.467 e. The third-order valence-corrected chi connectivity index (χ3v) is 5.13. The Morgan fingerprint density at radius 3 is 2.52 bits per heavy atom. The van der Waals surface area contributed by atoms with Crippen LogP contribution >= 0.6 is 0 Å². The highest BCUT2D eigenvalue weighted by atomic mass is 19.1. The summed E-state index contributed by atoms with van der Waals surface area (Å²) in [7, 11) is 1.50. The number of benzene rings is 1. The normalized spacial score (nSPS) is 14.8. The lowest BCUT2D eigenvalue weighted by Crippen LogP contribution is -2.51. The van der Waals surface area contributed by atoms with Crippen LogP contribution in [0, 0.1) is 5.82 Å². The molecule has 0 bridgehead atoms. The monoisotopic (exact) mass is 431 g/mol. The van der Waals surface area contributed by atoms with Crippen molar-refractivity contribution in [1.82, 2.24) is 10.6 Å². The van der Waals surface area contributed by atoms with E-state index >= 15 is 0 Å². The number of amides is 3. The molecule has 0 spiro atoms. The van der Waals surface area contributed by atoms with E-state index in [1.807, 2.05) is 0 Å². The first-order chi connectivity index (χ1) is 15.0. The lowest BCUT2D eigenvalue weighted by atomic mass is 10.1. The molecule has 2 aromatic rings. The van der Waals surface area contributed by atoms with E-state index in [1.165, 1.54) is 25.5 Å². The molecule has 8 nitrogen and oxygen atoms in total. The largest absolute Gasteiger partial charge is 0.467 e. The molecule has 1 atom stereocenters. The summed E-state index contributed by atoms with van der Waals surface area (Å²) in [6, 6.07) is 6.78. The van der Waals surface area contributed by atoms with Crippen molar-refractivity contribution < 1.29 is 27.9 Å². The molecule has 1 unspecified atom stereocenters. The Morgan fingerprint density at radius 2 is 1.90 bits per heavy atom. The molecular weight excluding hydrogens is 405 g/mol. The molecule has 1 fully saturated rings. The molecule has 1 aromatic carbocycles. The Morgan fingerprint density at radius 1 is 1.19 bits per heavy atom. The minimum atomic E-state index is -1.26. The van der Waals surface area contributed by atoms with E-state index < -0.39 is 29.6 Å². The Kier molecular flexibility index (Phi) is 7.77. The molecule has 3 rings (SSSR count). The Hall–Kier alpha value is -3.20. The van der Waals surface area contributed by atoms with Gasteiger partial charge in [-0.15, -0.1) is 0 Å². The van der Waals surface area contributed by atoms with Crippen molar-refractivity contribution in [3.8, 4) is 0 Å². The van der Waals surface area contributed by atoms with Crippen LogP contribution in [0.4, 0.5) is 10.1 Å². The number of halogens is 1. The smallest absolute Gasteiger partial charge is 0.317 e. The van der Waals surface area contributed by atoms with Crippen LogP contribution in [0.2, 0.25) is 0 Å². The molecule has 166 valence electrons. The van der Waals surface area contributed by atoms with Crippen LogP contribution in [0.3, 0.4) is 0 Å². The summed E-state index contributed by atoms with van der Waals surface area (Å²) in [5.41, 5.74) is 0.191. The first-order valence-corrected chi connectivity index (χ1v) is 10.2. The Labute approximate surface area is 179 Å². The van der Waals surface area contributed by atoms with Crippen LogP contribution in [0.5, 0.6) is 0 Å². The summed E-state index contributed by atoms with van der Waals surface area (Å²) in [5.74, 6) is -2.65. The molecular formula is C22H26FN3O5. The summed E-state index contributed by atoms with van der Waals surface area (Å²) in [4.78, 5) is 40.1. The standard InChI is InChI=1S/C22H26FN3O5/c1-30-14-12-24-20(27)19(18-7-4-13-31-18)26(17-10-8-15(23)9-11-17)22(29)21(28)25-16-5-2-3-6-16/h4,7-11,13,16,19H,2-3,5-6,12,14H2,1H3,(H,24,27)(H,25,28). The van der Waals surface area contributed by atoms with Gasteiger partial charge in [0.25, 0.3) is 5.91 Å². The van der Waals surface area contributed by atoms with Gasteiger partial charge in [0.2, 0.25) is 0 Å². The molecule has 0 aliphatic heterocycles. The third kappa shape index (κ3) is 5.69. The first-order valence-electron chi connectivity index (χ1n) is 10.2. The van der Waals surface area contributed by atoms with E-state index in [9.17, 15) is 18.8 Å². The van der Waals surface area contributed by atoms with Crippen LogP contribution in [-0.4, -0.2) is 44.0 Å². The van der Waals surface area contributed by atoms with Gasteiger partial charge in [-0.1, -0.05) is 12.8 Å². The highest BCUT2D eigenvalue weighted by Crippen LogP contribution is 2.29. The van der Waals surface area contributed by atoms with Crippen molar-refractivity contribution in [2.75, 3.05) is 25.2 Å². The molecule has 1 heterocycles. The number of furan rings is 1. The number of carbonyl (C=O) groups excluding carboxylic acids is 3. The molecule has 0 saturated heterocycles. The van der Waals surface area contributed by atoms with Gasteiger partial charge < -0.3 is 19.8 Å². The van der Waals surface area contributed by atoms with E-state index in [1.54, 1.807) is 12.1 Å². The molecule has 1 saturated carbocycles. The fourth-order valence-electron chi connectivity index (χ4n) is 3.61. The van der Waals surface area contributed by atoms with Gasteiger partial charge in [0, 0.05) is 25.4 Å². The molecule has 1 aliphatic carbocycles. The maximum Gasteiger partial charge on any atom is 0.317 e. The molecule has 2 N–H and O–H groups in total. The fraction of sp³-hybridized carbons (Fsp3) is 0.409. The lowest BCUT2D eigenvalue weighted by Gasteiger charge is -2.29. The van der Waals surface area contributed by atoms with Gasteiger partial charge >= 0.3 is 11.8 Å². The summed E-state index contributed by atoms with van der Waals surface area (Å²) in [5, 5.41) is 5.42. The van der Waals surface area contributed by atoms with E-state index in [4.69, 9.17) is 9.15 Å². The number of ether oxygens (including phenoxy) is 1. The van der Waals surface area contributed by atoms with Gasteiger partial charge in [0.15, 0.2) is 6.04 Å². The van der Waals surface area contributed by atoms with Gasteiger partial charge in [0.1, 0.15) is 11.6 Å². The molecule has 9 heteroatoms. The first kappa shape index (κ1) is 22.5. The number of rotatable bonds is 8. The summed E-state index contributed by atoms with van der Waals surface area (Å²) in [6.07, 6.45) is 4.94. The van der Waals surface area contributed by atoms with Crippen molar-refractivity contribution in [2.45, 2.75) is 37.8 Å². The van der Waals surface area contributed by atoms with E-state index in [2.05, 4.69) is 10.6 Å². The molecule has 1 aliphatic rings. The van der Waals surface area contributed by atoms with Crippen molar-refractivity contribution in [3.63, 3.8) is 0 Å². The number of hydrogen-bond acceptors (Lipinski definition) is 5. The predicted octanol–water partition coefficient (Wildman–Crippen LogP) is 2.31. The number of nitrogens with one attached hydrogen (secondary N) is 2. The van der Waals surface area contributed by atoms with E-state index in [-0.39, 0.29) is 30.6 Å². The minimum absolute atomic E-state index is 0.0795. The van der Waals surface area contributed by atoms with Crippen LogP contribution in [0.1, 0.15) is 37.5 Å². The van der Waals surface area contributed by atoms with Crippen molar-refractivity contribution in [3.05, 3.63) is 54.2 Å². The third-order valence-electron chi connectivity index (χ3n) is 5.13. The second kappa shape index (κ2) is 10.7. The average molecular weight is 431 g/mol.